The first-order valence-corrected chi connectivity index (χ1v) is 7.61. The molecule has 0 amide bonds. The zero-order chi connectivity index (χ0) is 14.7. The smallest absolute Gasteiger partial charge is 0.230 e. The van der Waals surface area contributed by atoms with Gasteiger partial charge in [0.2, 0.25) is 11.8 Å². The second kappa shape index (κ2) is 6.34. The fourth-order valence-corrected chi connectivity index (χ4v) is 2.76. The lowest BCUT2D eigenvalue weighted by molar-refractivity contribution is 0.110. The van der Waals surface area contributed by atoms with Crippen molar-refractivity contribution in [1.29, 1.82) is 0 Å². The Balaban J connectivity index is 1.65. The zero-order valence-corrected chi connectivity index (χ0v) is 12.6. The molecule has 3 rings (SSSR count). The summed E-state index contributed by atoms with van der Waals surface area (Å²) < 4.78 is 7.63. The molecule has 7 nitrogen and oxygen atoms in total. The van der Waals surface area contributed by atoms with Crippen LogP contribution in [0.4, 0.5) is 0 Å². The summed E-state index contributed by atoms with van der Waals surface area (Å²) in [4.78, 5) is 6.43. The molecule has 0 radical (unpaired) electrons. The van der Waals surface area contributed by atoms with Crippen molar-refractivity contribution < 1.29 is 4.42 Å². The van der Waals surface area contributed by atoms with Gasteiger partial charge in [-0.2, -0.15) is 5.10 Å². The van der Waals surface area contributed by atoms with Gasteiger partial charge in [-0.25, -0.2) is 4.98 Å². The van der Waals surface area contributed by atoms with Gasteiger partial charge in [-0.3, -0.25) is 9.58 Å². The van der Waals surface area contributed by atoms with Crippen molar-refractivity contribution in [3.05, 3.63) is 24.4 Å². The average molecular weight is 290 g/mol. The molecular formula is C14H22N6O. The largest absolute Gasteiger partial charge is 0.424 e. The Bertz CT molecular complexity index is 550. The van der Waals surface area contributed by atoms with Gasteiger partial charge in [0.15, 0.2) is 0 Å². The number of hydrogen-bond donors (Lipinski definition) is 0. The van der Waals surface area contributed by atoms with Gasteiger partial charge in [-0.05, 0) is 19.4 Å². The van der Waals surface area contributed by atoms with Gasteiger partial charge in [-0.1, -0.05) is 20.3 Å². The van der Waals surface area contributed by atoms with Gasteiger partial charge >= 0.3 is 0 Å². The van der Waals surface area contributed by atoms with Crippen molar-refractivity contribution in [3.63, 3.8) is 0 Å². The van der Waals surface area contributed by atoms with Crippen molar-refractivity contribution in [1.82, 2.24) is 29.9 Å². The molecule has 2 aromatic rings. The number of likely N-dealkylation sites (tertiary alicyclic amines) is 1. The third kappa shape index (κ3) is 3.47. The minimum atomic E-state index is 0.276. The van der Waals surface area contributed by atoms with Crippen molar-refractivity contribution in [2.24, 2.45) is 0 Å². The van der Waals surface area contributed by atoms with Crippen LogP contribution >= 0.6 is 0 Å². The van der Waals surface area contributed by atoms with E-state index < -0.39 is 0 Å². The van der Waals surface area contributed by atoms with Crippen molar-refractivity contribution >= 4 is 0 Å². The van der Waals surface area contributed by atoms with E-state index in [-0.39, 0.29) is 5.92 Å². The molecule has 114 valence electrons. The Morgan fingerprint density at radius 3 is 2.95 bits per heavy atom. The fraction of sp³-hybridized carbons (Fsp3) is 0.714. The zero-order valence-electron chi connectivity index (χ0n) is 12.6. The quantitative estimate of drug-likeness (QED) is 0.836. The Morgan fingerprint density at radius 1 is 1.33 bits per heavy atom. The summed E-state index contributed by atoms with van der Waals surface area (Å²) in [7, 11) is 0. The van der Waals surface area contributed by atoms with E-state index in [9.17, 15) is 0 Å². The first kappa shape index (κ1) is 14.2. The number of hydrogen-bond acceptors (Lipinski definition) is 6. The highest BCUT2D eigenvalue weighted by atomic mass is 16.4. The van der Waals surface area contributed by atoms with Crippen LogP contribution in [-0.2, 0) is 13.1 Å². The molecular weight excluding hydrogens is 268 g/mol. The Hall–Kier alpha value is -1.76. The van der Waals surface area contributed by atoms with E-state index in [0.29, 0.717) is 11.9 Å². The number of aromatic nitrogens is 5. The molecule has 0 saturated carbocycles. The molecule has 0 aromatic carbocycles. The average Bonchev–Trinajstić information content (AvgIpc) is 3.12. The second-order valence-corrected chi connectivity index (χ2v) is 5.93. The predicted octanol–water partition coefficient (Wildman–Crippen LogP) is 1.84. The molecule has 0 bridgehead atoms. The highest BCUT2D eigenvalue weighted by Gasteiger charge is 2.25. The van der Waals surface area contributed by atoms with E-state index in [4.69, 9.17) is 4.42 Å². The lowest BCUT2D eigenvalue weighted by atomic mass is 10.0. The molecule has 0 spiro atoms. The van der Waals surface area contributed by atoms with Crippen LogP contribution in [0.2, 0.25) is 0 Å². The number of nitrogens with zero attached hydrogens (tertiary/aromatic N) is 6. The lowest BCUT2D eigenvalue weighted by Gasteiger charge is -2.34. The maximum atomic E-state index is 5.73. The van der Waals surface area contributed by atoms with Gasteiger partial charge < -0.3 is 4.42 Å². The molecule has 3 heterocycles. The van der Waals surface area contributed by atoms with Gasteiger partial charge in [0.25, 0.3) is 0 Å². The minimum Gasteiger partial charge on any atom is -0.424 e. The fourth-order valence-electron chi connectivity index (χ4n) is 2.76. The van der Waals surface area contributed by atoms with Crippen LogP contribution in [0.15, 0.2) is 17.1 Å². The van der Waals surface area contributed by atoms with E-state index >= 15 is 0 Å². The lowest BCUT2D eigenvalue weighted by Crippen LogP contribution is -2.41. The van der Waals surface area contributed by atoms with E-state index in [1.165, 1.54) is 19.3 Å². The van der Waals surface area contributed by atoms with Crippen LogP contribution < -0.4 is 0 Å². The van der Waals surface area contributed by atoms with Gasteiger partial charge in [0.1, 0.15) is 12.7 Å². The standard InChI is InChI=1S/C14H22N6O/c1-11(2)14-18-17-13(21-14)8-19-6-4-3-5-12(19)7-20-10-15-9-16-20/h9-12H,3-8H2,1-2H3/t12-/m1/s1. The van der Waals surface area contributed by atoms with E-state index in [2.05, 4.69) is 39.0 Å². The Kier molecular flexibility index (Phi) is 4.28. The molecule has 7 heteroatoms. The number of rotatable bonds is 5. The topological polar surface area (TPSA) is 72.9 Å². The molecule has 1 saturated heterocycles. The van der Waals surface area contributed by atoms with Crippen LogP contribution in [0.25, 0.3) is 0 Å². The predicted molar refractivity (Wildman–Crippen MR) is 76.5 cm³/mol. The Morgan fingerprint density at radius 2 is 2.24 bits per heavy atom. The highest BCUT2D eigenvalue weighted by molar-refractivity contribution is 4.89. The molecule has 0 unspecified atom stereocenters. The highest BCUT2D eigenvalue weighted by Crippen LogP contribution is 2.21. The summed E-state index contributed by atoms with van der Waals surface area (Å²) >= 11 is 0. The van der Waals surface area contributed by atoms with Crippen LogP contribution in [-0.4, -0.2) is 42.4 Å². The summed E-state index contributed by atoms with van der Waals surface area (Å²) in [5.41, 5.74) is 0. The van der Waals surface area contributed by atoms with Crippen LogP contribution in [0.1, 0.15) is 50.8 Å². The molecule has 0 N–H and O–H groups in total. The first-order chi connectivity index (χ1) is 10.2. The molecule has 1 aliphatic rings. The van der Waals surface area contributed by atoms with Crippen LogP contribution in [0.5, 0.6) is 0 Å². The monoisotopic (exact) mass is 290 g/mol. The first-order valence-electron chi connectivity index (χ1n) is 7.61. The van der Waals surface area contributed by atoms with Crippen molar-refractivity contribution in [2.75, 3.05) is 6.54 Å². The molecule has 1 fully saturated rings. The van der Waals surface area contributed by atoms with E-state index in [1.54, 1.807) is 12.7 Å². The third-order valence-corrected chi connectivity index (χ3v) is 3.93. The summed E-state index contributed by atoms with van der Waals surface area (Å²) in [6, 6.07) is 0.454. The van der Waals surface area contributed by atoms with Crippen LogP contribution in [0.3, 0.4) is 0 Å². The second-order valence-electron chi connectivity index (χ2n) is 5.93. The molecule has 1 aliphatic heterocycles. The van der Waals surface area contributed by atoms with Gasteiger partial charge in [0, 0.05) is 12.0 Å². The van der Waals surface area contributed by atoms with Crippen LogP contribution in [0, 0.1) is 0 Å². The van der Waals surface area contributed by atoms with E-state index in [1.807, 2.05) is 4.68 Å². The third-order valence-electron chi connectivity index (χ3n) is 3.93. The summed E-state index contributed by atoms with van der Waals surface area (Å²) in [6.45, 7) is 6.78. The summed E-state index contributed by atoms with van der Waals surface area (Å²) in [5.74, 6) is 1.71. The molecule has 2 aromatic heterocycles. The van der Waals surface area contributed by atoms with Crippen molar-refractivity contribution in [2.45, 2.75) is 58.2 Å². The van der Waals surface area contributed by atoms with Gasteiger partial charge in [0.05, 0.1) is 13.1 Å². The molecule has 21 heavy (non-hydrogen) atoms. The molecule has 0 aliphatic carbocycles. The maximum Gasteiger partial charge on any atom is 0.230 e. The Labute approximate surface area is 124 Å². The normalized spacial score (nSPS) is 20.2. The minimum absolute atomic E-state index is 0.276. The summed E-state index contributed by atoms with van der Waals surface area (Å²) in [6.07, 6.45) is 7.01. The molecule has 1 atom stereocenters. The van der Waals surface area contributed by atoms with E-state index in [0.717, 1.165) is 25.5 Å². The SMILES string of the molecule is CC(C)c1nnc(CN2CCCC[C@@H]2Cn2cncn2)o1. The summed E-state index contributed by atoms with van der Waals surface area (Å²) in [5, 5.41) is 12.5. The van der Waals surface area contributed by atoms with Gasteiger partial charge in [-0.15, -0.1) is 10.2 Å². The number of piperidine rings is 1. The van der Waals surface area contributed by atoms with Crippen molar-refractivity contribution in [3.8, 4) is 0 Å². The maximum absolute atomic E-state index is 5.73.